The number of hydrogen-bond acceptors (Lipinski definition) is 4. The summed E-state index contributed by atoms with van der Waals surface area (Å²) in [6, 6.07) is 0.106. The van der Waals surface area contributed by atoms with Crippen LogP contribution in [0, 0.1) is 0 Å². The van der Waals surface area contributed by atoms with E-state index in [-0.39, 0.29) is 6.04 Å². The molecule has 0 bridgehead atoms. The van der Waals surface area contributed by atoms with Gasteiger partial charge in [-0.05, 0) is 19.3 Å². The van der Waals surface area contributed by atoms with Crippen LogP contribution in [0.5, 0.6) is 0 Å². The first-order valence-electron chi connectivity index (χ1n) is 7.93. The van der Waals surface area contributed by atoms with E-state index in [0.29, 0.717) is 13.0 Å². The first-order chi connectivity index (χ1) is 9.11. The Morgan fingerprint density at radius 2 is 1.26 bits per heavy atom. The third kappa shape index (κ3) is 11.4. The lowest BCUT2D eigenvalue weighted by Crippen LogP contribution is -2.29. The minimum Gasteiger partial charge on any atom is -0.390 e. The van der Waals surface area contributed by atoms with Gasteiger partial charge in [-0.1, -0.05) is 51.9 Å². The van der Waals surface area contributed by atoms with Gasteiger partial charge in [-0.3, -0.25) is 0 Å². The van der Waals surface area contributed by atoms with Crippen molar-refractivity contribution in [3.63, 3.8) is 0 Å². The normalized spacial score (nSPS) is 16.3. The molecule has 6 N–H and O–H groups in total. The fourth-order valence-corrected chi connectivity index (χ4v) is 2.22. The van der Waals surface area contributed by atoms with E-state index in [1.54, 1.807) is 0 Å². The summed E-state index contributed by atoms with van der Waals surface area (Å²) in [5, 5.41) is 19.6. The second-order valence-corrected chi connectivity index (χ2v) is 5.62. The lowest BCUT2D eigenvalue weighted by molar-refractivity contribution is 0.00712. The Labute approximate surface area is 118 Å². The van der Waals surface area contributed by atoms with Crippen LogP contribution in [0.3, 0.4) is 0 Å². The highest BCUT2D eigenvalue weighted by molar-refractivity contribution is 4.68. The van der Waals surface area contributed by atoms with E-state index in [9.17, 15) is 10.2 Å². The fraction of sp³-hybridized carbons (Fsp3) is 1.00. The van der Waals surface area contributed by atoms with Crippen LogP contribution in [-0.4, -0.2) is 35.0 Å². The van der Waals surface area contributed by atoms with Gasteiger partial charge in [-0.25, -0.2) is 0 Å². The molecule has 4 heteroatoms. The van der Waals surface area contributed by atoms with Crippen molar-refractivity contribution in [2.24, 2.45) is 11.5 Å². The van der Waals surface area contributed by atoms with Crippen LogP contribution in [-0.2, 0) is 0 Å². The van der Waals surface area contributed by atoms with Crippen LogP contribution < -0.4 is 11.5 Å². The molecule has 3 unspecified atom stereocenters. The number of rotatable bonds is 13. The summed E-state index contributed by atoms with van der Waals surface area (Å²) in [6.07, 6.45) is 8.86. The molecule has 0 saturated carbocycles. The van der Waals surface area contributed by atoms with E-state index in [1.165, 1.54) is 12.8 Å². The Morgan fingerprint density at radius 1 is 0.789 bits per heavy atom. The fourth-order valence-electron chi connectivity index (χ4n) is 2.22. The molecule has 0 fully saturated rings. The van der Waals surface area contributed by atoms with Crippen molar-refractivity contribution in [1.29, 1.82) is 0 Å². The van der Waals surface area contributed by atoms with Crippen molar-refractivity contribution in [3.8, 4) is 0 Å². The molecule has 0 rings (SSSR count). The predicted molar refractivity (Wildman–Crippen MR) is 80.9 cm³/mol. The molecule has 4 nitrogen and oxygen atoms in total. The lowest BCUT2D eigenvalue weighted by Gasteiger charge is -2.17. The zero-order valence-electron chi connectivity index (χ0n) is 12.6. The SMILES string of the molecule is CCCCCCC(O)C(O)CCCCCC(N)CN. The Bertz CT molecular complexity index is 191. The maximum Gasteiger partial charge on any atom is 0.0799 e. The van der Waals surface area contributed by atoms with Gasteiger partial charge in [-0.15, -0.1) is 0 Å². The molecule has 0 aliphatic carbocycles. The number of unbranched alkanes of at least 4 members (excludes halogenated alkanes) is 5. The quantitative estimate of drug-likeness (QED) is 0.386. The van der Waals surface area contributed by atoms with Crippen molar-refractivity contribution >= 4 is 0 Å². The summed E-state index contributed by atoms with van der Waals surface area (Å²) < 4.78 is 0. The Hall–Kier alpha value is -0.160. The van der Waals surface area contributed by atoms with E-state index in [4.69, 9.17) is 11.5 Å². The molecule has 0 aromatic heterocycles. The van der Waals surface area contributed by atoms with Gasteiger partial charge < -0.3 is 21.7 Å². The van der Waals surface area contributed by atoms with Crippen LogP contribution in [0.2, 0.25) is 0 Å². The van der Waals surface area contributed by atoms with Gasteiger partial charge in [0.15, 0.2) is 0 Å². The zero-order valence-corrected chi connectivity index (χ0v) is 12.6. The number of hydrogen-bond donors (Lipinski definition) is 4. The Balaban J connectivity index is 3.43. The van der Waals surface area contributed by atoms with Crippen molar-refractivity contribution in [1.82, 2.24) is 0 Å². The maximum absolute atomic E-state index is 9.83. The summed E-state index contributed by atoms with van der Waals surface area (Å²) in [5.74, 6) is 0. The average Bonchev–Trinajstić information content (AvgIpc) is 2.42. The molecule has 0 amide bonds. The number of nitrogens with two attached hydrogens (primary N) is 2. The summed E-state index contributed by atoms with van der Waals surface area (Å²) in [7, 11) is 0. The van der Waals surface area contributed by atoms with Crippen LogP contribution in [0.25, 0.3) is 0 Å². The highest BCUT2D eigenvalue weighted by Gasteiger charge is 2.15. The molecule has 0 aliphatic heterocycles. The minimum absolute atomic E-state index is 0.106. The largest absolute Gasteiger partial charge is 0.390 e. The minimum atomic E-state index is -0.565. The number of aliphatic hydroxyl groups is 2. The van der Waals surface area contributed by atoms with Crippen molar-refractivity contribution < 1.29 is 10.2 Å². The van der Waals surface area contributed by atoms with E-state index in [1.807, 2.05) is 0 Å². The van der Waals surface area contributed by atoms with Crippen LogP contribution in [0.4, 0.5) is 0 Å². The molecule has 0 heterocycles. The van der Waals surface area contributed by atoms with Crippen molar-refractivity contribution in [2.75, 3.05) is 6.54 Å². The van der Waals surface area contributed by atoms with Gasteiger partial charge in [-0.2, -0.15) is 0 Å². The first kappa shape index (κ1) is 18.8. The van der Waals surface area contributed by atoms with Gasteiger partial charge in [0, 0.05) is 12.6 Å². The molecule has 19 heavy (non-hydrogen) atoms. The molecular formula is C15H34N2O2. The van der Waals surface area contributed by atoms with Gasteiger partial charge >= 0.3 is 0 Å². The number of aliphatic hydroxyl groups excluding tert-OH is 2. The van der Waals surface area contributed by atoms with Crippen molar-refractivity contribution in [2.45, 2.75) is 89.4 Å². The smallest absolute Gasteiger partial charge is 0.0799 e. The Kier molecular flexibility index (Phi) is 12.7. The van der Waals surface area contributed by atoms with Crippen molar-refractivity contribution in [3.05, 3.63) is 0 Å². The third-order valence-electron chi connectivity index (χ3n) is 3.68. The van der Waals surface area contributed by atoms with E-state index in [2.05, 4.69) is 6.92 Å². The Morgan fingerprint density at radius 3 is 1.74 bits per heavy atom. The highest BCUT2D eigenvalue weighted by Crippen LogP contribution is 2.13. The second kappa shape index (κ2) is 12.9. The average molecular weight is 274 g/mol. The molecule has 0 aliphatic rings. The van der Waals surface area contributed by atoms with Gasteiger partial charge in [0.25, 0.3) is 0 Å². The summed E-state index contributed by atoms with van der Waals surface area (Å²) in [4.78, 5) is 0. The molecule has 0 spiro atoms. The zero-order chi connectivity index (χ0) is 14.5. The summed E-state index contributed by atoms with van der Waals surface area (Å²) >= 11 is 0. The first-order valence-corrected chi connectivity index (χ1v) is 7.93. The summed E-state index contributed by atoms with van der Waals surface area (Å²) in [6.45, 7) is 2.71. The maximum atomic E-state index is 9.83. The van der Waals surface area contributed by atoms with Gasteiger partial charge in [0.2, 0.25) is 0 Å². The van der Waals surface area contributed by atoms with E-state index < -0.39 is 12.2 Å². The standard InChI is InChI=1S/C15H34N2O2/c1-2-3-4-7-10-14(18)15(19)11-8-5-6-9-13(17)12-16/h13-15,18-19H,2-12,16-17H2,1H3. The molecule has 3 atom stereocenters. The van der Waals surface area contributed by atoms with Gasteiger partial charge in [0.05, 0.1) is 12.2 Å². The second-order valence-electron chi connectivity index (χ2n) is 5.62. The molecule has 0 aromatic carbocycles. The van der Waals surface area contributed by atoms with Gasteiger partial charge in [0.1, 0.15) is 0 Å². The molecule has 0 aromatic rings. The third-order valence-corrected chi connectivity index (χ3v) is 3.68. The highest BCUT2D eigenvalue weighted by atomic mass is 16.3. The summed E-state index contributed by atoms with van der Waals surface area (Å²) in [5.41, 5.74) is 11.2. The molecular weight excluding hydrogens is 240 g/mol. The lowest BCUT2D eigenvalue weighted by atomic mass is 10.00. The monoisotopic (exact) mass is 274 g/mol. The van der Waals surface area contributed by atoms with E-state index in [0.717, 1.165) is 44.9 Å². The molecule has 0 radical (unpaired) electrons. The topological polar surface area (TPSA) is 92.5 Å². The van der Waals surface area contributed by atoms with Crippen LogP contribution >= 0.6 is 0 Å². The molecule has 0 saturated heterocycles. The van der Waals surface area contributed by atoms with Crippen LogP contribution in [0.1, 0.15) is 71.1 Å². The van der Waals surface area contributed by atoms with Crippen LogP contribution in [0.15, 0.2) is 0 Å². The molecule has 116 valence electrons. The van der Waals surface area contributed by atoms with E-state index >= 15 is 0 Å². The predicted octanol–water partition coefficient (Wildman–Crippen LogP) is 1.92.